The van der Waals surface area contributed by atoms with Gasteiger partial charge < -0.3 is 18.5 Å². The Morgan fingerprint density at radius 3 is 2.23 bits per heavy atom. The molecule has 43 heavy (non-hydrogen) atoms. The molecule has 1 saturated carbocycles. The SMILES string of the molecule is CCCC[C@H](C1CC[C@H](N2CCN(c3ccccc3OC)CC2)CC1c1ccccc1F)N(c1ccco1)c1ccco1. The minimum absolute atomic E-state index is 0.0847. The second-order valence-electron chi connectivity index (χ2n) is 11.9. The Morgan fingerprint density at radius 1 is 0.884 bits per heavy atom. The molecule has 2 unspecified atom stereocenters. The third kappa shape index (κ3) is 6.32. The average molecular weight is 586 g/mol. The zero-order chi connectivity index (χ0) is 29.6. The lowest BCUT2D eigenvalue weighted by molar-refractivity contribution is 0.104. The summed E-state index contributed by atoms with van der Waals surface area (Å²) in [5.41, 5.74) is 2.00. The number of ether oxygens (including phenoxy) is 1. The van der Waals surface area contributed by atoms with Crippen LogP contribution in [0.1, 0.15) is 56.9 Å². The number of furan rings is 2. The number of para-hydroxylation sites is 2. The zero-order valence-electron chi connectivity index (χ0n) is 25.4. The van der Waals surface area contributed by atoms with Crippen molar-refractivity contribution in [1.82, 2.24) is 4.90 Å². The summed E-state index contributed by atoms with van der Waals surface area (Å²) < 4.78 is 33.2. The molecule has 0 amide bonds. The number of hydrogen-bond acceptors (Lipinski definition) is 6. The van der Waals surface area contributed by atoms with Gasteiger partial charge in [-0.2, -0.15) is 0 Å². The first-order valence-corrected chi connectivity index (χ1v) is 15.9. The fraction of sp³-hybridized carbons (Fsp3) is 0.444. The van der Waals surface area contributed by atoms with Gasteiger partial charge in [-0.05, 0) is 73.4 Å². The van der Waals surface area contributed by atoms with E-state index in [4.69, 9.17) is 13.6 Å². The van der Waals surface area contributed by atoms with Gasteiger partial charge in [0.15, 0.2) is 0 Å². The van der Waals surface area contributed by atoms with Crippen LogP contribution in [0.2, 0.25) is 0 Å². The number of halogens is 1. The van der Waals surface area contributed by atoms with Crippen LogP contribution in [0, 0.1) is 11.7 Å². The van der Waals surface area contributed by atoms with E-state index in [1.807, 2.05) is 48.5 Å². The Morgan fingerprint density at radius 2 is 1.58 bits per heavy atom. The molecule has 0 N–H and O–H groups in total. The molecule has 1 saturated heterocycles. The number of hydrogen-bond donors (Lipinski definition) is 0. The fourth-order valence-electron chi connectivity index (χ4n) is 7.51. The van der Waals surface area contributed by atoms with Gasteiger partial charge in [-0.25, -0.2) is 4.39 Å². The van der Waals surface area contributed by atoms with Crippen LogP contribution in [0.3, 0.4) is 0 Å². The molecule has 0 radical (unpaired) electrons. The van der Waals surface area contributed by atoms with Crippen molar-refractivity contribution in [2.45, 2.75) is 63.5 Å². The second kappa shape index (κ2) is 13.7. The van der Waals surface area contributed by atoms with E-state index >= 15 is 4.39 Å². The zero-order valence-corrected chi connectivity index (χ0v) is 25.4. The summed E-state index contributed by atoms with van der Waals surface area (Å²) in [5.74, 6) is 2.70. The first kappa shape index (κ1) is 29.4. The highest BCUT2D eigenvalue weighted by molar-refractivity contribution is 5.58. The lowest BCUT2D eigenvalue weighted by Crippen LogP contribution is -2.53. The first-order chi connectivity index (χ1) is 21.2. The molecule has 7 heteroatoms. The summed E-state index contributed by atoms with van der Waals surface area (Å²) in [5, 5.41) is 0. The highest BCUT2D eigenvalue weighted by Gasteiger charge is 2.42. The highest BCUT2D eigenvalue weighted by atomic mass is 19.1. The van der Waals surface area contributed by atoms with Crippen LogP contribution in [0.15, 0.2) is 94.2 Å². The molecule has 4 atom stereocenters. The van der Waals surface area contributed by atoms with Crippen molar-refractivity contribution in [2.24, 2.45) is 5.92 Å². The Labute approximate surface area is 255 Å². The van der Waals surface area contributed by atoms with Gasteiger partial charge in [0.1, 0.15) is 11.6 Å². The van der Waals surface area contributed by atoms with Gasteiger partial charge in [0.2, 0.25) is 11.8 Å². The lowest BCUT2D eigenvalue weighted by Gasteiger charge is -2.48. The van der Waals surface area contributed by atoms with Crippen molar-refractivity contribution in [3.8, 4) is 5.75 Å². The van der Waals surface area contributed by atoms with E-state index in [9.17, 15) is 0 Å². The molecular weight excluding hydrogens is 541 g/mol. The Bertz CT molecular complexity index is 1370. The van der Waals surface area contributed by atoms with Crippen LogP contribution in [-0.2, 0) is 0 Å². The Balaban J connectivity index is 1.27. The van der Waals surface area contributed by atoms with Gasteiger partial charge >= 0.3 is 0 Å². The van der Waals surface area contributed by atoms with Crippen LogP contribution >= 0.6 is 0 Å². The van der Waals surface area contributed by atoms with Crippen molar-refractivity contribution in [3.63, 3.8) is 0 Å². The molecule has 228 valence electrons. The number of unbranched alkanes of at least 4 members (excludes halogenated alkanes) is 1. The van der Waals surface area contributed by atoms with Crippen LogP contribution in [-0.4, -0.2) is 50.3 Å². The number of anilines is 3. The summed E-state index contributed by atoms with van der Waals surface area (Å²) >= 11 is 0. The minimum atomic E-state index is -0.101. The van der Waals surface area contributed by atoms with Crippen LogP contribution < -0.4 is 14.5 Å². The van der Waals surface area contributed by atoms with E-state index in [1.54, 1.807) is 31.8 Å². The summed E-state index contributed by atoms with van der Waals surface area (Å²) in [7, 11) is 1.74. The van der Waals surface area contributed by atoms with Crippen LogP contribution in [0.4, 0.5) is 21.8 Å². The molecule has 2 aromatic heterocycles. The highest BCUT2D eigenvalue weighted by Crippen LogP contribution is 2.47. The largest absolute Gasteiger partial charge is 0.495 e. The minimum Gasteiger partial charge on any atom is -0.495 e. The predicted octanol–water partition coefficient (Wildman–Crippen LogP) is 8.49. The van der Waals surface area contributed by atoms with E-state index < -0.39 is 0 Å². The van der Waals surface area contributed by atoms with Gasteiger partial charge in [0.25, 0.3) is 0 Å². The predicted molar refractivity (Wildman–Crippen MR) is 170 cm³/mol. The molecular formula is C36H44FN3O3. The number of nitrogens with zero attached hydrogens (tertiary/aromatic N) is 3. The first-order valence-electron chi connectivity index (χ1n) is 15.9. The normalized spacial score (nSPS) is 21.9. The molecule has 4 aromatic rings. The number of benzene rings is 2. The Kier molecular flexibility index (Phi) is 9.37. The molecule has 0 spiro atoms. The maximum absolute atomic E-state index is 15.6. The van der Waals surface area contributed by atoms with Crippen LogP contribution in [0.5, 0.6) is 5.75 Å². The molecule has 1 aliphatic heterocycles. The van der Waals surface area contributed by atoms with Crippen LogP contribution in [0.25, 0.3) is 0 Å². The summed E-state index contributed by atoms with van der Waals surface area (Å²) in [6.07, 6.45) is 9.65. The molecule has 6 nitrogen and oxygen atoms in total. The monoisotopic (exact) mass is 585 g/mol. The second-order valence-corrected chi connectivity index (χ2v) is 11.9. The molecule has 2 aromatic carbocycles. The maximum atomic E-state index is 15.6. The summed E-state index contributed by atoms with van der Waals surface area (Å²) in [6.45, 7) is 6.11. The topological polar surface area (TPSA) is 45.2 Å². The number of piperazine rings is 1. The molecule has 0 bridgehead atoms. The smallest absolute Gasteiger partial charge is 0.202 e. The average Bonchev–Trinajstić information content (AvgIpc) is 3.79. The molecule has 2 aliphatic rings. The Hall–Kier alpha value is -3.71. The van der Waals surface area contributed by atoms with Gasteiger partial charge in [-0.15, -0.1) is 0 Å². The number of rotatable bonds is 11. The van der Waals surface area contributed by atoms with Crippen molar-refractivity contribution < 1.29 is 18.0 Å². The van der Waals surface area contributed by atoms with E-state index in [0.717, 1.165) is 93.5 Å². The third-order valence-corrected chi connectivity index (χ3v) is 9.60. The molecule has 3 heterocycles. The lowest BCUT2D eigenvalue weighted by atomic mass is 9.68. The van der Waals surface area contributed by atoms with E-state index in [0.29, 0.717) is 6.04 Å². The van der Waals surface area contributed by atoms with Gasteiger partial charge in [-0.1, -0.05) is 50.1 Å². The quantitative estimate of drug-likeness (QED) is 0.176. The van der Waals surface area contributed by atoms with Crippen molar-refractivity contribution in [1.29, 1.82) is 0 Å². The number of methoxy groups -OCH3 is 1. The van der Waals surface area contributed by atoms with Gasteiger partial charge in [-0.3, -0.25) is 9.80 Å². The maximum Gasteiger partial charge on any atom is 0.202 e. The van der Waals surface area contributed by atoms with E-state index in [2.05, 4.69) is 33.8 Å². The van der Waals surface area contributed by atoms with Crippen molar-refractivity contribution in [3.05, 3.63) is 96.7 Å². The van der Waals surface area contributed by atoms with E-state index in [1.165, 1.54) is 0 Å². The van der Waals surface area contributed by atoms with E-state index in [-0.39, 0.29) is 23.7 Å². The van der Waals surface area contributed by atoms with Crippen molar-refractivity contribution >= 4 is 17.5 Å². The molecule has 1 aliphatic carbocycles. The summed E-state index contributed by atoms with van der Waals surface area (Å²) in [4.78, 5) is 7.31. The molecule has 2 fully saturated rings. The fourth-order valence-corrected chi connectivity index (χ4v) is 7.51. The van der Waals surface area contributed by atoms with Gasteiger partial charge in [0.05, 0.1) is 25.3 Å². The van der Waals surface area contributed by atoms with Crippen molar-refractivity contribution in [2.75, 3.05) is 43.1 Å². The molecule has 6 rings (SSSR count). The summed E-state index contributed by atoms with van der Waals surface area (Å²) in [6, 6.07) is 24.1. The standard InChI is InChI=1S/C36H44FN3O3/c1-3-4-13-32(40(35-16-9-24-42-35)36-17-10-25-43-36)29-19-18-27(26-30(29)28-11-5-6-12-31(28)37)38-20-22-39(23-21-38)33-14-7-8-15-34(33)41-2/h5-12,14-17,24-25,27,29-30,32H,3-4,13,18-23,26H2,1-2H3/t27-,29?,30?,32+/m0/s1. The third-order valence-electron chi connectivity index (χ3n) is 9.60. The van der Waals surface area contributed by atoms with Gasteiger partial charge in [0, 0.05) is 50.4 Å².